The lowest BCUT2D eigenvalue weighted by molar-refractivity contribution is -0.349. The normalized spacial score (nSPS) is 47.2. The highest BCUT2D eigenvalue weighted by Gasteiger charge is 2.79. The Labute approximate surface area is 481 Å². The molecule has 444 valence electrons. The highest BCUT2D eigenvalue weighted by Crippen LogP contribution is 2.82. The number of phenols is 2. The molecule has 18 unspecified atom stereocenters. The van der Waals surface area contributed by atoms with Crippen LogP contribution < -0.4 is 15.6 Å². The monoisotopic (exact) mass is 1130 g/mol. The number of aromatic carboxylic acids is 1. The molecule has 9 saturated carbocycles. The first-order valence-electron chi connectivity index (χ1n) is 32.3. The number of aliphatic hydroxyl groups is 4. The van der Waals surface area contributed by atoms with Crippen molar-refractivity contribution >= 4 is 22.5 Å². The molecule has 0 amide bonds. The summed E-state index contributed by atoms with van der Waals surface area (Å²) in [5.41, 5.74) is 9.26. The fourth-order valence-corrected chi connectivity index (χ4v) is 25.1. The number of hydrogen-bond acceptors (Lipinski definition) is 14. The Morgan fingerprint density at radius 3 is 2.43 bits per heavy atom. The maximum absolute atomic E-state index is 13.7. The van der Waals surface area contributed by atoms with E-state index in [1.165, 1.54) is 120 Å². The van der Waals surface area contributed by atoms with Gasteiger partial charge in [-0.2, -0.15) is 0 Å². The Hall–Kier alpha value is -3.64. The summed E-state index contributed by atoms with van der Waals surface area (Å²) in [6, 6.07) is 2.61. The van der Waals surface area contributed by atoms with Crippen molar-refractivity contribution in [3.8, 4) is 17.2 Å². The van der Waals surface area contributed by atoms with Crippen LogP contribution in [-0.2, 0) is 14.2 Å². The molecule has 15 nitrogen and oxygen atoms in total. The Bertz CT molecular complexity index is 3130. The third kappa shape index (κ3) is 6.76. The zero-order chi connectivity index (χ0) is 56.4. The van der Waals surface area contributed by atoms with E-state index in [9.17, 15) is 45.3 Å². The third-order valence-corrected chi connectivity index (χ3v) is 27.7. The molecule has 0 aromatic heterocycles. The van der Waals surface area contributed by atoms with Gasteiger partial charge in [0.1, 0.15) is 41.2 Å². The predicted octanol–water partition coefficient (Wildman–Crippen LogP) is 9.52. The maximum Gasteiger partial charge on any atom is 0.335 e. The average Bonchev–Trinajstić information content (AvgIpc) is 2.12. The van der Waals surface area contributed by atoms with Crippen molar-refractivity contribution in [3.63, 3.8) is 0 Å². The number of benzene rings is 2. The number of aliphatic hydroxyl groups excluding tert-OH is 4. The zero-order valence-electron chi connectivity index (χ0n) is 48.3. The first-order chi connectivity index (χ1) is 39.4. The number of phenolic OH excluding ortho intramolecular Hbond substituents is 2. The molecule has 15 heteroatoms. The molecule has 18 atom stereocenters. The van der Waals surface area contributed by atoms with E-state index < -0.39 is 76.6 Å². The largest absolute Gasteiger partial charge is 0.507 e. The number of ketones is 1. The van der Waals surface area contributed by atoms with Gasteiger partial charge in [-0.15, -0.1) is 0 Å². The van der Waals surface area contributed by atoms with E-state index in [1.807, 2.05) is 0 Å². The minimum atomic E-state index is -1.84. The summed E-state index contributed by atoms with van der Waals surface area (Å²) < 4.78 is 28.6. The summed E-state index contributed by atoms with van der Waals surface area (Å²) in [7, 11) is 0. The van der Waals surface area contributed by atoms with Crippen molar-refractivity contribution in [1.29, 1.82) is 0 Å². The first-order valence-corrected chi connectivity index (χ1v) is 32.3. The van der Waals surface area contributed by atoms with Crippen LogP contribution in [0.25, 0.3) is 10.8 Å². The highest BCUT2D eigenvalue weighted by atomic mass is 16.7. The summed E-state index contributed by atoms with van der Waals surface area (Å²) in [6.45, 7) is 3.26. The Morgan fingerprint density at radius 2 is 1.63 bits per heavy atom. The van der Waals surface area contributed by atoms with Crippen molar-refractivity contribution in [2.45, 2.75) is 228 Å². The van der Waals surface area contributed by atoms with Crippen molar-refractivity contribution < 1.29 is 64.3 Å². The number of nitrogens with one attached hydrogen (secondary N) is 2. The molecule has 4 aliphatic heterocycles. The second-order valence-electron chi connectivity index (χ2n) is 30.5. The van der Waals surface area contributed by atoms with Crippen LogP contribution in [0.5, 0.6) is 17.2 Å². The molecule has 4 bridgehead atoms. The lowest BCUT2D eigenvalue weighted by Gasteiger charge is -2.71. The molecule has 82 heavy (non-hydrogen) atoms. The maximum atomic E-state index is 13.7. The van der Waals surface area contributed by atoms with Crippen molar-refractivity contribution in [2.75, 3.05) is 26.4 Å². The molecule has 0 radical (unpaired) electrons. The van der Waals surface area contributed by atoms with Crippen LogP contribution in [0.3, 0.4) is 0 Å². The number of Topliss-reactive ketones (excluding diaryl/α,β-unsaturated/α-hetero) is 1. The molecule has 2 aromatic carbocycles. The number of rotatable bonds is 7. The molecule has 2 aromatic rings. The number of allylic oxidation sites excluding steroid dienone is 1. The molecule has 16 rings (SSSR count). The topological polar surface area (TPSA) is 237 Å². The molecular formula is C67H88N2O13. The number of ether oxygens (including phenoxy) is 4. The van der Waals surface area contributed by atoms with Gasteiger partial charge in [0.2, 0.25) is 6.29 Å². The van der Waals surface area contributed by atoms with E-state index in [-0.39, 0.29) is 86.3 Å². The molecule has 10 aliphatic carbocycles. The van der Waals surface area contributed by atoms with E-state index in [1.54, 1.807) is 0 Å². The van der Waals surface area contributed by atoms with Gasteiger partial charge < -0.3 is 54.7 Å². The van der Waals surface area contributed by atoms with Gasteiger partial charge in [0.15, 0.2) is 5.78 Å². The molecular weight excluding hydrogens is 1040 g/mol. The Kier molecular flexibility index (Phi) is 11.8. The van der Waals surface area contributed by atoms with Gasteiger partial charge in [-0.3, -0.25) is 15.6 Å². The fourth-order valence-electron chi connectivity index (χ4n) is 25.1. The zero-order valence-corrected chi connectivity index (χ0v) is 48.3. The summed E-state index contributed by atoms with van der Waals surface area (Å²) in [6.07, 6.45) is 24.7. The lowest BCUT2D eigenvalue weighted by Crippen LogP contribution is -2.81. The first kappa shape index (κ1) is 53.8. The quantitative estimate of drug-likeness (QED) is 0.0927. The van der Waals surface area contributed by atoms with Crippen LogP contribution in [0, 0.1) is 69.0 Å². The number of aromatic hydroxyl groups is 2. The van der Waals surface area contributed by atoms with Crippen LogP contribution in [-0.4, -0.2) is 121 Å². The van der Waals surface area contributed by atoms with Crippen LogP contribution >= 0.6 is 0 Å². The number of hydrogen-bond donors (Lipinski definition) is 9. The third-order valence-electron chi connectivity index (χ3n) is 27.7. The summed E-state index contributed by atoms with van der Waals surface area (Å²) >= 11 is 0. The molecule has 3 saturated heterocycles. The average molecular weight is 1130 g/mol. The van der Waals surface area contributed by atoms with Gasteiger partial charge in [0, 0.05) is 47.1 Å². The van der Waals surface area contributed by atoms with E-state index in [0.29, 0.717) is 43.3 Å². The molecule has 4 heterocycles. The minimum absolute atomic E-state index is 0.00501. The van der Waals surface area contributed by atoms with Crippen molar-refractivity contribution in [2.24, 2.45) is 62.1 Å². The standard InChI is InChI=1S/C67H88N2O13/c1-36-49(37(2)72)53(74)50-42(52(36)73)24-38(57(77)78)25-46(50)80-58-54(75)56(76)67(48(29-71)81-58)27-45-51-43(11-12-44(51)65(82-67)18-7-16-59(31-65)14-3-4-15-59)63(22-23-70)35-79-30-39-26-61-32-62(28-47(61)68-69-66(45,34-61)55(39)63)19-13-41-9-5-8-40-10-6-17-60(40)20-21-64(41,62)33-60/h11,24-25,39-41,45,47-48,54-56,58,68-71,73-76H,3-10,12-23,26-35H2,1-2H3,(H,77,78). The minimum Gasteiger partial charge on any atom is -0.507 e. The van der Waals surface area contributed by atoms with Gasteiger partial charge in [-0.1, -0.05) is 31.8 Å². The van der Waals surface area contributed by atoms with Gasteiger partial charge in [-0.25, -0.2) is 4.79 Å². The summed E-state index contributed by atoms with van der Waals surface area (Å²) in [5.74, 6) is -1.56. The number of carbonyl (C=O) groups excluding carboxylic acids is 1. The Balaban J connectivity index is 0.844. The highest BCUT2D eigenvalue weighted by molar-refractivity contribution is 6.11. The van der Waals surface area contributed by atoms with Crippen LogP contribution in [0.1, 0.15) is 200 Å². The number of carboxylic acids is 1. The van der Waals surface area contributed by atoms with Crippen LogP contribution in [0.4, 0.5) is 0 Å². The van der Waals surface area contributed by atoms with Crippen LogP contribution in [0.15, 0.2) is 34.9 Å². The lowest BCUT2D eigenvalue weighted by atomic mass is 9.39. The molecule has 8 spiro atoms. The SMILES string of the molecule is CC(=O)c1c(C)c(O)c2cc(C(=O)O)cc(OC3OC(CO)C4(CC5C6=C(CC=C6C6(CCO)COCC7CC89CC5(NNC8CC5(CCC8CCCC%10CCCC%10%11CCC85C%11)C9)C76)C5(CCCC6(CCCC6)C5)O4)C(O)C3O)c2c1O. The molecule has 14 aliphatic rings. The molecule has 9 N–H and O–H groups in total. The smallest absolute Gasteiger partial charge is 0.335 e. The van der Waals surface area contributed by atoms with Crippen LogP contribution in [0.2, 0.25) is 0 Å². The predicted molar refractivity (Wildman–Crippen MR) is 302 cm³/mol. The van der Waals surface area contributed by atoms with E-state index >= 15 is 0 Å². The number of carbonyl (C=O) groups is 2. The van der Waals surface area contributed by atoms with Crippen molar-refractivity contribution in [3.05, 3.63) is 51.6 Å². The summed E-state index contributed by atoms with van der Waals surface area (Å²) in [5, 5.41) is 83.6. The summed E-state index contributed by atoms with van der Waals surface area (Å²) in [4.78, 5) is 25.7. The second-order valence-corrected chi connectivity index (χ2v) is 30.5. The van der Waals surface area contributed by atoms with E-state index in [4.69, 9.17) is 18.9 Å². The van der Waals surface area contributed by atoms with Gasteiger partial charge in [-0.05, 0) is 235 Å². The fraction of sp³-hybridized carbons (Fsp3) is 0.761. The molecule has 12 fully saturated rings. The van der Waals surface area contributed by atoms with E-state index in [2.05, 4.69) is 16.9 Å². The number of fused-ring (bicyclic) bond motifs is 3. The van der Waals surface area contributed by atoms with Gasteiger partial charge >= 0.3 is 5.97 Å². The Morgan fingerprint density at radius 1 is 0.829 bits per heavy atom. The second kappa shape index (κ2) is 18.0. The van der Waals surface area contributed by atoms with Crippen molar-refractivity contribution in [1.82, 2.24) is 10.9 Å². The van der Waals surface area contributed by atoms with Gasteiger partial charge in [0.05, 0.1) is 35.3 Å². The number of carboxylic acid groups (broad SMARTS) is 1. The number of hydrazine groups is 1. The van der Waals surface area contributed by atoms with E-state index in [0.717, 1.165) is 75.7 Å². The van der Waals surface area contributed by atoms with Gasteiger partial charge in [0.25, 0.3) is 0 Å².